The number of hydrogen-bond donors (Lipinski definition) is 0. The summed E-state index contributed by atoms with van der Waals surface area (Å²) in [6.07, 6.45) is -0.324. The number of hydrogen-bond acceptors (Lipinski definition) is 4. The van der Waals surface area contributed by atoms with Gasteiger partial charge < -0.3 is 13.6 Å². The third kappa shape index (κ3) is 6.19. The van der Waals surface area contributed by atoms with Crippen LogP contribution in [0.4, 0.5) is 0 Å². The zero-order valence-electron chi connectivity index (χ0n) is 18.9. The van der Waals surface area contributed by atoms with Crippen LogP contribution in [0.1, 0.15) is 55.4 Å². The van der Waals surface area contributed by atoms with Crippen molar-refractivity contribution in [2.75, 3.05) is 13.7 Å². The largest absolute Gasteiger partial charge is 0.469 e. The second kappa shape index (κ2) is 7.83. The van der Waals surface area contributed by atoms with E-state index in [2.05, 4.69) is 67.7 Å². The first-order chi connectivity index (χ1) is 10.8. The van der Waals surface area contributed by atoms with E-state index < -0.39 is 22.0 Å². The van der Waals surface area contributed by atoms with E-state index >= 15 is 0 Å². The van der Waals surface area contributed by atoms with Crippen LogP contribution in [0, 0.1) is 5.41 Å². The molecule has 25 heavy (non-hydrogen) atoms. The van der Waals surface area contributed by atoms with Gasteiger partial charge in [-0.3, -0.25) is 4.79 Å². The van der Waals surface area contributed by atoms with Gasteiger partial charge in [-0.2, -0.15) is 0 Å². The third-order valence-electron chi connectivity index (χ3n) is 6.16. The first-order valence-electron chi connectivity index (χ1n) is 9.20. The summed E-state index contributed by atoms with van der Waals surface area (Å²) < 4.78 is 18.1. The van der Waals surface area contributed by atoms with Crippen LogP contribution in [0.2, 0.25) is 36.3 Å². The number of carbonyl (C=O) groups excluding carboxylic acids is 1. The Morgan fingerprint density at radius 3 is 1.56 bits per heavy atom. The molecule has 0 aliphatic carbocycles. The summed E-state index contributed by atoms with van der Waals surface area (Å²) in [4.78, 5) is 12.4. The maximum Gasteiger partial charge on any atom is 0.313 e. The van der Waals surface area contributed by atoms with Gasteiger partial charge in [-0.1, -0.05) is 41.5 Å². The standard InChI is InChI=1S/C19H42O4Si2/c1-17(2,3)24(10,11)22-14-15(19(7,8)16(20)21-9)23-25(12,13)18(4,5)6/h15H,14H2,1-13H3/t15-/m1/s1. The van der Waals surface area contributed by atoms with Crippen molar-refractivity contribution < 1.29 is 18.4 Å². The van der Waals surface area contributed by atoms with Gasteiger partial charge in [-0.25, -0.2) is 0 Å². The summed E-state index contributed by atoms with van der Waals surface area (Å²) >= 11 is 0. The fourth-order valence-electron chi connectivity index (χ4n) is 1.82. The molecule has 0 aliphatic heterocycles. The molecule has 0 aromatic rings. The molecule has 0 aromatic heterocycles. The smallest absolute Gasteiger partial charge is 0.313 e. The van der Waals surface area contributed by atoms with Crippen LogP contribution in [-0.4, -0.2) is 42.4 Å². The molecule has 0 N–H and O–H groups in total. The van der Waals surface area contributed by atoms with Crippen LogP contribution < -0.4 is 0 Å². The minimum atomic E-state index is -2.05. The highest BCUT2D eigenvalue weighted by atomic mass is 28.4. The SMILES string of the molecule is COC(=O)C(C)(C)[C@@H](CO[Si](C)(C)C(C)(C)C)O[Si](C)(C)C(C)(C)C. The van der Waals surface area contributed by atoms with Gasteiger partial charge in [0.05, 0.1) is 25.2 Å². The van der Waals surface area contributed by atoms with E-state index in [4.69, 9.17) is 13.6 Å². The van der Waals surface area contributed by atoms with E-state index in [0.29, 0.717) is 6.61 Å². The van der Waals surface area contributed by atoms with Crippen molar-refractivity contribution >= 4 is 22.6 Å². The summed E-state index contributed by atoms with van der Waals surface area (Å²) in [5, 5.41) is 0.179. The highest BCUT2D eigenvalue weighted by molar-refractivity contribution is 6.74. The van der Waals surface area contributed by atoms with Crippen molar-refractivity contribution in [2.24, 2.45) is 5.41 Å². The average molecular weight is 391 g/mol. The summed E-state index contributed by atoms with van der Waals surface area (Å²) in [6.45, 7) is 26.3. The van der Waals surface area contributed by atoms with Crippen LogP contribution in [0.25, 0.3) is 0 Å². The van der Waals surface area contributed by atoms with Crippen molar-refractivity contribution in [2.45, 2.75) is 97.8 Å². The van der Waals surface area contributed by atoms with Gasteiger partial charge in [0, 0.05) is 0 Å². The van der Waals surface area contributed by atoms with Crippen LogP contribution in [0.5, 0.6) is 0 Å². The Morgan fingerprint density at radius 1 is 0.840 bits per heavy atom. The molecule has 0 amide bonds. The summed E-state index contributed by atoms with van der Waals surface area (Å²) in [7, 11) is -2.55. The second-order valence-corrected chi connectivity index (χ2v) is 20.2. The monoisotopic (exact) mass is 390 g/mol. The number of carbonyl (C=O) groups is 1. The number of rotatable bonds is 7. The molecule has 1 atom stereocenters. The Labute approximate surface area is 158 Å². The Bertz CT molecular complexity index is 457. The molecule has 0 bridgehead atoms. The molecule has 0 saturated heterocycles. The fourth-order valence-corrected chi connectivity index (χ4v) is 4.25. The van der Waals surface area contributed by atoms with Gasteiger partial charge in [0.25, 0.3) is 0 Å². The minimum Gasteiger partial charge on any atom is -0.469 e. The third-order valence-corrected chi connectivity index (χ3v) is 15.1. The van der Waals surface area contributed by atoms with Gasteiger partial charge in [-0.15, -0.1) is 0 Å². The van der Waals surface area contributed by atoms with Crippen molar-refractivity contribution in [3.05, 3.63) is 0 Å². The number of esters is 1. The highest BCUT2D eigenvalue weighted by Gasteiger charge is 2.47. The molecular weight excluding hydrogens is 348 g/mol. The summed E-state index contributed by atoms with van der Waals surface area (Å²) in [6, 6.07) is 0. The number of ether oxygens (including phenoxy) is 1. The Balaban J connectivity index is 5.62. The van der Waals surface area contributed by atoms with Gasteiger partial charge in [0.2, 0.25) is 0 Å². The van der Waals surface area contributed by atoms with Crippen molar-refractivity contribution in [1.82, 2.24) is 0 Å². The second-order valence-electron chi connectivity index (χ2n) is 10.7. The van der Waals surface area contributed by atoms with Gasteiger partial charge in [-0.05, 0) is 50.1 Å². The minimum absolute atomic E-state index is 0.0639. The Kier molecular flexibility index (Phi) is 7.77. The molecule has 0 saturated carbocycles. The molecular formula is C19H42O4Si2. The molecule has 0 spiro atoms. The summed E-state index contributed by atoms with van der Waals surface area (Å²) in [5.74, 6) is -0.255. The van der Waals surface area contributed by atoms with E-state index in [1.165, 1.54) is 7.11 Å². The maximum absolute atomic E-state index is 12.4. The highest BCUT2D eigenvalue weighted by Crippen LogP contribution is 2.41. The molecule has 0 heterocycles. The Hall–Kier alpha value is -0.176. The van der Waals surface area contributed by atoms with E-state index in [9.17, 15) is 4.79 Å². The molecule has 0 aliphatic rings. The first-order valence-corrected chi connectivity index (χ1v) is 15.0. The molecule has 0 fully saturated rings. The van der Waals surface area contributed by atoms with Crippen LogP contribution >= 0.6 is 0 Å². The quantitative estimate of drug-likeness (QED) is 0.419. The van der Waals surface area contributed by atoms with Crippen LogP contribution in [0.15, 0.2) is 0 Å². The Morgan fingerprint density at radius 2 is 1.24 bits per heavy atom. The molecule has 0 rings (SSSR count). The zero-order chi connectivity index (χ0) is 20.5. The van der Waals surface area contributed by atoms with E-state index in [1.807, 2.05) is 13.8 Å². The van der Waals surface area contributed by atoms with E-state index in [1.54, 1.807) is 0 Å². The van der Waals surface area contributed by atoms with Gasteiger partial charge in [0.15, 0.2) is 16.6 Å². The summed E-state index contributed by atoms with van der Waals surface area (Å²) in [5.41, 5.74) is -0.757. The zero-order valence-corrected chi connectivity index (χ0v) is 20.9. The van der Waals surface area contributed by atoms with Gasteiger partial charge in [0.1, 0.15) is 0 Å². The predicted molar refractivity (Wildman–Crippen MR) is 111 cm³/mol. The molecule has 150 valence electrons. The lowest BCUT2D eigenvalue weighted by atomic mass is 9.87. The van der Waals surface area contributed by atoms with Crippen LogP contribution in [0.3, 0.4) is 0 Å². The van der Waals surface area contributed by atoms with Crippen molar-refractivity contribution in [3.63, 3.8) is 0 Å². The molecule has 0 aromatic carbocycles. The van der Waals surface area contributed by atoms with Crippen LogP contribution in [-0.2, 0) is 18.4 Å². The average Bonchev–Trinajstić information content (AvgIpc) is 2.39. The fraction of sp³-hybridized carbons (Fsp3) is 0.947. The number of methoxy groups -OCH3 is 1. The van der Waals surface area contributed by atoms with Crippen molar-refractivity contribution in [3.8, 4) is 0 Å². The maximum atomic E-state index is 12.4. The molecule has 0 unspecified atom stereocenters. The molecule has 4 nitrogen and oxygen atoms in total. The molecule has 0 radical (unpaired) electrons. The van der Waals surface area contributed by atoms with Crippen molar-refractivity contribution in [1.29, 1.82) is 0 Å². The van der Waals surface area contributed by atoms with Gasteiger partial charge >= 0.3 is 5.97 Å². The van der Waals surface area contributed by atoms with E-state index in [0.717, 1.165) is 0 Å². The van der Waals surface area contributed by atoms with E-state index in [-0.39, 0.29) is 22.1 Å². The lowest BCUT2D eigenvalue weighted by Gasteiger charge is -2.45. The lowest BCUT2D eigenvalue weighted by molar-refractivity contribution is -0.158. The topological polar surface area (TPSA) is 44.8 Å². The molecule has 6 heteroatoms. The lowest BCUT2D eigenvalue weighted by Crippen LogP contribution is -2.53. The normalized spacial score (nSPS) is 15.9. The predicted octanol–water partition coefficient (Wildman–Crippen LogP) is 5.60. The first kappa shape index (κ1) is 24.8.